The first-order valence-corrected chi connectivity index (χ1v) is 12.7. The van der Waals surface area contributed by atoms with E-state index in [1.165, 1.54) is 37.8 Å². The van der Waals surface area contributed by atoms with Gasteiger partial charge in [-0.25, -0.2) is 26.3 Å². The minimum Gasteiger partial charge on any atom is -0.429 e. The maximum Gasteiger partial charge on any atom is 0.432 e. The third kappa shape index (κ3) is 5.62. The van der Waals surface area contributed by atoms with Crippen molar-refractivity contribution in [3.63, 3.8) is 0 Å². The molecule has 0 radical (unpaired) electrons. The van der Waals surface area contributed by atoms with E-state index in [-0.39, 0.29) is 29.4 Å². The zero-order valence-corrected chi connectivity index (χ0v) is 20.6. The van der Waals surface area contributed by atoms with Crippen molar-refractivity contribution in [2.45, 2.75) is 50.7 Å². The number of ether oxygens (including phenoxy) is 2. The number of hydrogen-bond acceptors (Lipinski definition) is 2. The summed E-state index contributed by atoms with van der Waals surface area (Å²) in [5, 5.41) is 0. The monoisotopic (exact) mass is 556 g/mol. The van der Waals surface area contributed by atoms with E-state index in [0.717, 1.165) is 12.8 Å². The largest absolute Gasteiger partial charge is 0.432 e. The van der Waals surface area contributed by atoms with Crippen LogP contribution in [0.5, 0.6) is 5.75 Å². The summed E-state index contributed by atoms with van der Waals surface area (Å²) in [6.07, 6.45) is 1.50. The van der Waals surface area contributed by atoms with Crippen molar-refractivity contribution in [1.29, 1.82) is 0 Å². The zero-order chi connectivity index (χ0) is 27.9. The van der Waals surface area contributed by atoms with Crippen LogP contribution in [0, 0.1) is 46.7 Å². The Labute approximate surface area is 219 Å². The molecule has 2 atom stereocenters. The molecule has 2 unspecified atom stereocenters. The summed E-state index contributed by atoms with van der Waals surface area (Å²) in [5.74, 6) is -10.0. The fraction of sp³-hybridized carbons (Fsp3) is 0.379. The highest BCUT2D eigenvalue weighted by molar-refractivity contribution is 5.65. The second-order valence-electron chi connectivity index (χ2n) is 10.1. The van der Waals surface area contributed by atoms with Crippen LogP contribution in [0.2, 0.25) is 0 Å². The summed E-state index contributed by atoms with van der Waals surface area (Å²) >= 11 is 0. The normalized spacial score (nSPS) is 20.4. The summed E-state index contributed by atoms with van der Waals surface area (Å²) in [6.45, 7) is 0.587. The van der Waals surface area contributed by atoms with Gasteiger partial charge in [0.2, 0.25) is 0 Å². The molecule has 0 amide bonds. The van der Waals surface area contributed by atoms with Gasteiger partial charge in [0.1, 0.15) is 28.8 Å². The van der Waals surface area contributed by atoms with E-state index in [1.54, 1.807) is 6.07 Å². The lowest BCUT2D eigenvalue weighted by molar-refractivity contribution is -0.189. The van der Waals surface area contributed by atoms with Crippen LogP contribution in [0.4, 0.5) is 35.1 Å². The van der Waals surface area contributed by atoms with E-state index in [9.17, 15) is 30.7 Å². The quantitative estimate of drug-likeness (QED) is 0.223. The second kappa shape index (κ2) is 10.8. The molecule has 3 aromatic carbocycles. The smallest absolute Gasteiger partial charge is 0.429 e. The Morgan fingerprint density at radius 2 is 1.33 bits per heavy atom. The van der Waals surface area contributed by atoms with E-state index in [4.69, 9.17) is 4.74 Å². The molecule has 0 N–H and O–H groups in total. The van der Waals surface area contributed by atoms with Crippen molar-refractivity contribution in [3.8, 4) is 16.9 Å². The van der Waals surface area contributed by atoms with Crippen LogP contribution in [0.25, 0.3) is 11.1 Å². The van der Waals surface area contributed by atoms with Crippen LogP contribution in [0.15, 0.2) is 42.5 Å². The van der Waals surface area contributed by atoms with Crippen molar-refractivity contribution in [1.82, 2.24) is 0 Å². The van der Waals surface area contributed by atoms with E-state index in [0.29, 0.717) is 36.1 Å². The molecular formula is C29H24F8O2. The van der Waals surface area contributed by atoms with Gasteiger partial charge in [-0.15, -0.1) is 0 Å². The summed E-state index contributed by atoms with van der Waals surface area (Å²) in [5.41, 5.74) is -1.87. The first-order valence-electron chi connectivity index (χ1n) is 12.7. The summed E-state index contributed by atoms with van der Waals surface area (Å²) in [6, 6.07) is 5.29. The fourth-order valence-corrected chi connectivity index (χ4v) is 5.60. The van der Waals surface area contributed by atoms with Crippen LogP contribution >= 0.6 is 0 Å². The topological polar surface area (TPSA) is 18.5 Å². The van der Waals surface area contributed by atoms with Crippen molar-refractivity contribution in [3.05, 3.63) is 88.5 Å². The molecule has 0 aromatic heterocycles. The van der Waals surface area contributed by atoms with Crippen molar-refractivity contribution < 1.29 is 44.6 Å². The highest BCUT2D eigenvalue weighted by atomic mass is 19.3. The number of halogens is 8. The molecule has 0 bridgehead atoms. The van der Waals surface area contributed by atoms with E-state index < -0.39 is 52.3 Å². The average Bonchev–Trinajstić information content (AvgIpc) is 3.41. The molecule has 1 aliphatic carbocycles. The molecule has 10 heteroatoms. The van der Waals surface area contributed by atoms with Crippen LogP contribution in [-0.4, -0.2) is 6.61 Å². The van der Waals surface area contributed by atoms with Gasteiger partial charge in [0, 0.05) is 17.7 Å². The van der Waals surface area contributed by atoms with Gasteiger partial charge in [0.25, 0.3) is 0 Å². The molecular weight excluding hydrogens is 532 g/mol. The van der Waals surface area contributed by atoms with Crippen molar-refractivity contribution in [2.75, 3.05) is 6.61 Å². The minimum absolute atomic E-state index is 0.109. The fourth-order valence-electron chi connectivity index (χ4n) is 5.60. The lowest BCUT2D eigenvalue weighted by Gasteiger charge is -2.32. The number of alkyl halides is 2. The Balaban J connectivity index is 1.34. The average molecular weight is 556 g/mol. The Morgan fingerprint density at radius 3 is 1.90 bits per heavy atom. The third-order valence-corrected chi connectivity index (χ3v) is 7.59. The van der Waals surface area contributed by atoms with Gasteiger partial charge < -0.3 is 9.47 Å². The molecule has 1 heterocycles. The minimum atomic E-state index is -4.74. The van der Waals surface area contributed by atoms with Gasteiger partial charge in [-0.1, -0.05) is 37.8 Å². The summed E-state index contributed by atoms with van der Waals surface area (Å²) < 4.78 is 124. The number of hydrogen-bond donors (Lipinski definition) is 0. The Hall–Kier alpha value is -3.14. The highest BCUT2D eigenvalue weighted by Gasteiger charge is 2.42. The molecule has 1 saturated carbocycles. The van der Waals surface area contributed by atoms with Crippen molar-refractivity contribution in [2.24, 2.45) is 11.8 Å². The molecule has 2 nitrogen and oxygen atoms in total. The van der Waals surface area contributed by atoms with Crippen LogP contribution in [0.1, 0.15) is 55.8 Å². The number of benzene rings is 3. The van der Waals surface area contributed by atoms with E-state index >= 15 is 4.39 Å². The van der Waals surface area contributed by atoms with Gasteiger partial charge in [-0.05, 0) is 54.0 Å². The van der Waals surface area contributed by atoms with Crippen LogP contribution in [-0.2, 0) is 10.8 Å². The molecule has 2 aliphatic rings. The van der Waals surface area contributed by atoms with Crippen LogP contribution in [0.3, 0.4) is 0 Å². The summed E-state index contributed by atoms with van der Waals surface area (Å²) in [7, 11) is 0. The predicted molar refractivity (Wildman–Crippen MR) is 126 cm³/mol. The molecule has 2 fully saturated rings. The molecule has 3 aromatic rings. The maximum atomic E-state index is 15.0. The lowest BCUT2D eigenvalue weighted by atomic mass is 9.84. The van der Waals surface area contributed by atoms with E-state index in [1.807, 2.05) is 0 Å². The predicted octanol–water partition coefficient (Wildman–Crippen LogP) is 8.97. The van der Waals surface area contributed by atoms with E-state index in [2.05, 4.69) is 4.74 Å². The zero-order valence-electron chi connectivity index (χ0n) is 20.6. The Morgan fingerprint density at radius 1 is 0.692 bits per heavy atom. The molecule has 5 rings (SSSR count). The van der Waals surface area contributed by atoms with Gasteiger partial charge in [-0.2, -0.15) is 8.78 Å². The van der Waals surface area contributed by atoms with Gasteiger partial charge in [0.05, 0.1) is 12.7 Å². The van der Waals surface area contributed by atoms with Gasteiger partial charge in [-0.3, -0.25) is 0 Å². The molecule has 208 valence electrons. The van der Waals surface area contributed by atoms with Crippen LogP contribution < -0.4 is 4.74 Å². The highest BCUT2D eigenvalue weighted by Crippen LogP contribution is 2.41. The van der Waals surface area contributed by atoms with Gasteiger partial charge >= 0.3 is 6.11 Å². The first kappa shape index (κ1) is 27.4. The molecule has 1 saturated heterocycles. The molecule has 1 aliphatic heterocycles. The van der Waals surface area contributed by atoms with Gasteiger partial charge in [0.15, 0.2) is 17.5 Å². The Bertz CT molecular complexity index is 1320. The SMILES string of the molecule is Fc1cc(C2CCC(C3CCCC3)CO2)ccc1-c1cc(F)c(C(F)(F)Oc2cc(F)c(F)c(F)c2)c(F)c1. The third-order valence-electron chi connectivity index (χ3n) is 7.59. The molecule has 39 heavy (non-hydrogen) atoms. The maximum absolute atomic E-state index is 15.0. The Kier molecular flexibility index (Phi) is 7.59. The number of rotatable bonds is 6. The standard InChI is InChI=1S/C29H24F8O2/c30-21-9-16(26-8-6-17(14-38-26)15-3-1-2-4-15)5-7-20(21)18-10-22(31)27(23(32)11-18)29(36,37)39-19-12-24(33)28(35)25(34)13-19/h5,7,9-13,15,17,26H,1-4,6,8,14H2. The first-order chi connectivity index (χ1) is 18.5. The second-order valence-corrected chi connectivity index (χ2v) is 10.1. The lowest BCUT2D eigenvalue weighted by Crippen LogP contribution is -2.25. The van der Waals surface area contributed by atoms with Crippen molar-refractivity contribution >= 4 is 0 Å². The molecule has 0 spiro atoms. The summed E-state index contributed by atoms with van der Waals surface area (Å²) in [4.78, 5) is 0.